The van der Waals surface area contributed by atoms with Crippen molar-refractivity contribution in [2.45, 2.75) is 6.10 Å². The second-order valence-corrected chi connectivity index (χ2v) is 4.43. The fourth-order valence-corrected chi connectivity index (χ4v) is 2.09. The lowest BCUT2D eigenvalue weighted by Crippen LogP contribution is -2.04. The van der Waals surface area contributed by atoms with Gasteiger partial charge in [-0.25, -0.2) is 4.98 Å². The molecule has 0 spiro atoms. The van der Waals surface area contributed by atoms with Crippen molar-refractivity contribution >= 4 is 23.2 Å². The molecule has 0 radical (unpaired) electrons. The molecule has 2 aromatic rings. The number of aliphatic hydroxyl groups excluding tert-OH is 1. The van der Waals surface area contributed by atoms with E-state index >= 15 is 0 Å². The van der Waals surface area contributed by atoms with Crippen LogP contribution in [0.1, 0.15) is 17.2 Å². The maximum Gasteiger partial charge on any atom is 0.219 e. The highest BCUT2D eigenvalue weighted by Gasteiger charge is 2.19. The Balaban J connectivity index is 2.48. The fourth-order valence-electron chi connectivity index (χ4n) is 1.68. The van der Waals surface area contributed by atoms with E-state index in [9.17, 15) is 5.11 Å². The molecule has 1 N–H and O–H groups in total. The van der Waals surface area contributed by atoms with Crippen LogP contribution >= 0.6 is 23.2 Å². The second-order valence-electron chi connectivity index (χ2n) is 3.65. The molecule has 94 valence electrons. The third-order valence-corrected chi connectivity index (χ3v) is 3.40. The number of aromatic nitrogens is 1. The van der Waals surface area contributed by atoms with Gasteiger partial charge < -0.3 is 9.84 Å². The van der Waals surface area contributed by atoms with Gasteiger partial charge in [0.05, 0.1) is 17.2 Å². The third-order valence-electron chi connectivity index (χ3n) is 2.56. The average Bonchev–Trinajstić information content (AvgIpc) is 2.41. The van der Waals surface area contributed by atoms with Gasteiger partial charge in [0.2, 0.25) is 5.88 Å². The van der Waals surface area contributed by atoms with Crippen LogP contribution in [-0.2, 0) is 0 Å². The van der Waals surface area contributed by atoms with Gasteiger partial charge in [-0.2, -0.15) is 0 Å². The number of hydrogen-bond donors (Lipinski definition) is 1. The first kappa shape index (κ1) is 13.1. The van der Waals surface area contributed by atoms with E-state index in [4.69, 9.17) is 27.9 Å². The highest BCUT2D eigenvalue weighted by Crippen LogP contribution is 2.35. The molecule has 0 amide bonds. The van der Waals surface area contributed by atoms with Gasteiger partial charge in [-0.3, -0.25) is 0 Å². The minimum atomic E-state index is -0.931. The number of ether oxygens (including phenoxy) is 1. The van der Waals surface area contributed by atoms with Crippen LogP contribution in [0.25, 0.3) is 0 Å². The predicted octanol–water partition coefficient (Wildman–Crippen LogP) is 3.48. The zero-order valence-electron chi connectivity index (χ0n) is 9.60. The number of nitrogens with zero attached hydrogens (tertiary/aromatic N) is 1. The Morgan fingerprint density at radius 1 is 1.17 bits per heavy atom. The first-order valence-corrected chi connectivity index (χ1v) is 6.01. The van der Waals surface area contributed by atoms with Gasteiger partial charge in [0.1, 0.15) is 6.10 Å². The van der Waals surface area contributed by atoms with E-state index in [1.54, 1.807) is 36.5 Å². The number of benzene rings is 1. The molecule has 1 heterocycles. The van der Waals surface area contributed by atoms with Crippen LogP contribution in [0.15, 0.2) is 36.5 Å². The molecule has 0 saturated heterocycles. The molecule has 0 aliphatic rings. The Hall–Kier alpha value is -1.29. The van der Waals surface area contributed by atoms with Gasteiger partial charge in [0.15, 0.2) is 0 Å². The van der Waals surface area contributed by atoms with E-state index in [1.807, 2.05) is 0 Å². The number of hydrogen-bond acceptors (Lipinski definition) is 3. The molecule has 0 saturated carbocycles. The van der Waals surface area contributed by atoms with Gasteiger partial charge in [-0.05, 0) is 18.2 Å². The average molecular weight is 284 g/mol. The maximum atomic E-state index is 10.3. The SMILES string of the molecule is COc1ncccc1C(O)c1cccc(Cl)c1Cl. The lowest BCUT2D eigenvalue weighted by Gasteiger charge is -2.15. The summed E-state index contributed by atoms with van der Waals surface area (Å²) in [6.07, 6.45) is 0.661. The Morgan fingerprint density at radius 2 is 1.89 bits per heavy atom. The number of pyridine rings is 1. The molecule has 1 aromatic carbocycles. The number of methoxy groups -OCH3 is 1. The second kappa shape index (κ2) is 5.57. The monoisotopic (exact) mass is 283 g/mol. The van der Waals surface area contributed by atoms with E-state index in [-0.39, 0.29) is 0 Å². The third kappa shape index (κ3) is 2.43. The largest absolute Gasteiger partial charge is 0.481 e. The van der Waals surface area contributed by atoms with Crippen LogP contribution in [0.4, 0.5) is 0 Å². The van der Waals surface area contributed by atoms with Crippen molar-refractivity contribution in [2.24, 2.45) is 0 Å². The van der Waals surface area contributed by atoms with Crippen LogP contribution in [-0.4, -0.2) is 17.2 Å². The van der Waals surface area contributed by atoms with Crippen molar-refractivity contribution < 1.29 is 9.84 Å². The van der Waals surface area contributed by atoms with E-state index in [1.165, 1.54) is 7.11 Å². The van der Waals surface area contributed by atoms with Crippen LogP contribution in [0.3, 0.4) is 0 Å². The molecule has 1 aromatic heterocycles. The first-order chi connectivity index (χ1) is 8.65. The summed E-state index contributed by atoms with van der Waals surface area (Å²) in [5.41, 5.74) is 1.07. The molecular weight excluding hydrogens is 273 g/mol. The summed E-state index contributed by atoms with van der Waals surface area (Å²) in [4.78, 5) is 4.04. The highest BCUT2D eigenvalue weighted by atomic mass is 35.5. The Bertz CT molecular complexity index is 560. The number of halogens is 2. The Kier molecular flexibility index (Phi) is 4.07. The van der Waals surface area contributed by atoms with Crippen molar-refractivity contribution in [1.29, 1.82) is 0 Å². The summed E-state index contributed by atoms with van der Waals surface area (Å²) in [7, 11) is 1.50. The summed E-state index contributed by atoms with van der Waals surface area (Å²) < 4.78 is 5.11. The molecule has 3 nitrogen and oxygen atoms in total. The molecule has 0 aliphatic carbocycles. The van der Waals surface area contributed by atoms with Gasteiger partial charge in [-0.1, -0.05) is 35.3 Å². The lowest BCUT2D eigenvalue weighted by molar-refractivity contribution is 0.213. The molecule has 0 aliphatic heterocycles. The summed E-state index contributed by atoms with van der Waals surface area (Å²) in [6, 6.07) is 8.56. The maximum absolute atomic E-state index is 10.3. The van der Waals surface area contributed by atoms with Gasteiger partial charge >= 0.3 is 0 Å². The van der Waals surface area contributed by atoms with Crippen molar-refractivity contribution in [2.75, 3.05) is 7.11 Å². The van der Waals surface area contributed by atoms with E-state index < -0.39 is 6.10 Å². The minimum Gasteiger partial charge on any atom is -0.481 e. The Morgan fingerprint density at radius 3 is 2.61 bits per heavy atom. The van der Waals surface area contributed by atoms with Crippen molar-refractivity contribution in [1.82, 2.24) is 4.98 Å². The zero-order valence-corrected chi connectivity index (χ0v) is 11.1. The van der Waals surface area contributed by atoms with Crippen LogP contribution in [0.2, 0.25) is 10.0 Å². The lowest BCUT2D eigenvalue weighted by atomic mass is 10.0. The molecule has 5 heteroatoms. The minimum absolute atomic E-state index is 0.331. The van der Waals surface area contributed by atoms with Crippen LogP contribution < -0.4 is 4.74 Å². The predicted molar refractivity (Wildman–Crippen MR) is 71.3 cm³/mol. The summed E-state index contributed by atoms with van der Waals surface area (Å²) in [6.45, 7) is 0. The molecule has 0 bridgehead atoms. The molecule has 1 atom stereocenters. The number of aliphatic hydroxyl groups is 1. The van der Waals surface area contributed by atoms with E-state index in [2.05, 4.69) is 4.98 Å². The van der Waals surface area contributed by atoms with Gasteiger partial charge in [0.25, 0.3) is 0 Å². The van der Waals surface area contributed by atoms with Gasteiger partial charge in [0, 0.05) is 17.3 Å². The molecule has 18 heavy (non-hydrogen) atoms. The molecule has 1 unspecified atom stereocenters. The molecule has 0 fully saturated rings. The summed E-state index contributed by atoms with van der Waals surface area (Å²) in [5, 5.41) is 11.1. The first-order valence-electron chi connectivity index (χ1n) is 5.26. The topological polar surface area (TPSA) is 42.4 Å². The summed E-state index contributed by atoms with van der Waals surface area (Å²) >= 11 is 12.0. The highest BCUT2D eigenvalue weighted by molar-refractivity contribution is 6.42. The van der Waals surface area contributed by atoms with Crippen molar-refractivity contribution in [3.05, 3.63) is 57.7 Å². The van der Waals surface area contributed by atoms with E-state index in [0.29, 0.717) is 27.1 Å². The van der Waals surface area contributed by atoms with Crippen molar-refractivity contribution in [3.8, 4) is 5.88 Å². The van der Waals surface area contributed by atoms with Crippen LogP contribution in [0.5, 0.6) is 5.88 Å². The molecule has 2 rings (SSSR count). The fraction of sp³-hybridized carbons (Fsp3) is 0.154. The molecular formula is C13H11Cl2NO2. The van der Waals surface area contributed by atoms with Gasteiger partial charge in [-0.15, -0.1) is 0 Å². The van der Waals surface area contributed by atoms with Crippen LogP contribution in [0, 0.1) is 0 Å². The standard InChI is InChI=1S/C13H11Cl2NO2/c1-18-13-9(5-3-7-16-13)12(17)8-4-2-6-10(14)11(8)15/h2-7,12,17H,1H3. The quantitative estimate of drug-likeness (QED) is 0.938. The normalized spacial score (nSPS) is 12.2. The number of rotatable bonds is 3. The smallest absolute Gasteiger partial charge is 0.219 e. The zero-order chi connectivity index (χ0) is 13.1. The summed E-state index contributed by atoms with van der Waals surface area (Å²) in [5.74, 6) is 0.362. The van der Waals surface area contributed by atoms with E-state index in [0.717, 1.165) is 0 Å². The Labute approximate surface area is 115 Å². The van der Waals surface area contributed by atoms with Crippen molar-refractivity contribution in [3.63, 3.8) is 0 Å².